The van der Waals surface area contributed by atoms with E-state index in [9.17, 15) is 9.59 Å². The van der Waals surface area contributed by atoms with Crippen molar-refractivity contribution < 1.29 is 19.1 Å². The quantitative estimate of drug-likeness (QED) is 0.812. The molecule has 15 heavy (non-hydrogen) atoms. The third-order valence-electron chi connectivity index (χ3n) is 1.92. The van der Waals surface area contributed by atoms with Crippen molar-refractivity contribution in [1.29, 1.82) is 0 Å². The van der Waals surface area contributed by atoms with E-state index in [0.717, 1.165) is 0 Å². The summed E-state index contributed by atoms with van der Waals surface area (Å²) < 4.78 is 4.92. The highest BCUT2D eigenvalue weighted by Crippen LogP contribution is 2.08. The van der Waals surface area contributed by atoms with Gasteiger partial charge < -0.3 is 14.4 Å². The van der Waals surface area contributed by atoms with Crippen molar-refractivity contribution >= 4 is 11.9 Å². The molecule has 1 heterocycles. The molecule has 0 spiro atoms. The number of aliphatic carboxylic acids is 1. The van der Waals surface area contributed by atoms with Gasteiger partial charge >= 0.3 is 5.97 Å². The first-order chi connectivity index (χ1) is 7.02. The zero-order valence-electron chi connectivity index (χ0n) is 8.64. The van der Waals surface area contributed by atoms with Crippen molar-refractivity contribution in [3.63, 3.8) is 0 Å². The summed E-state index contributed by atoms with van der Waals surface area (Å²) in [6, 6.07) is 2.92. The van der Waals surface area contributed by atoms with Crippen LogP contribution in [0.1, 0.15) is 24.4 Å². The number of hydrogen-bond donors (Lipinski definition) is 1. The molecular weight excluding hydrogens is 198 g/mol. The van der Waals surface area contributed by atoms with Gasteiger partial charge in [-0.2, -0.15) is 0 Å². The van der Waals surface area contributed by atoms with Crippen LogP contribution < -0.4 is 0 Å². The van der Waals surface area contributed by atoms with E-state index in [4.69, 9.17) is 9.52 Å². The van der Waals surface area contributed by atoms with Crippen LogP contribution >= 0.6 is 0 Å². The van der Waals surface area contributed by atoms with E-state index in [1.165, 1.54) is 17.2 Å². The Morgan fingerprint density at radius 3 is 2.60 bits per heavy atom. The number of carboxylic acid groups (broad SMARTS) is 1. The van der Waals surface area contributed by atoms with Gasteiger partial charge in [0, 0.05) is 6.04 Å². The van der Waals surface area contributed by atoms with Crippen LogP contribution in [0.3, 0.4) is 0 Å². The maximum absolute atomic E-state index is 11.8. The smallest absolute Gasteiger partial charge is 0.323 e. The Balaban J connectivity index is 2.81. The number of amides is 1. The molecule has 0 aliphatic heterocycles. The van der Waals surface area contributed by atoms with Gasteiger partial charge in [-0.3, -0.25) is 9.59 Å². The molecule has 82 valence electrons. The van der Waals surface area contributed by atoms with Crippen LogP contribution in [0.5, 0.6) is 0 Å². The largest absolute Gasteiger partial charge is 0.480 e. The lowest BCUT2D eigenvalue weighted by Crippen LogP contribution is -2.40. The lowest BCUT2D eigenvalue weighted by molar-refractivity contribution is -0.138. The fraction of sp³-hybridized carbons (Fsp3) is 0.400. The van der Waals surface area contributed by atoms with Crippen molar-refractivity contribution in [2.24, 2.45) is 0 Å². The van der Waals surface area contributed by atoms with Crippen molar-refractivity contribution in [3.05, 3.63) is 24.2 Å². The van der Waals surface area contributed by atoms with Gasteiger partial charge in [0.2, 0.25) is 0 Å². The molecule has 1 rings (SSSR count). The normalized spacial score (nSPS) is 10.3. The molecule has 0 atom stereocenters. The zero-order chi connectivity index (χ0) is 11.4. The molecule has 1 N–H and O–H groups in total. The van der Waals surface area contributed by atoms with Crippen molar-refractivity contribution in [3.8, 4) is 0 Å². The van der Waals surface area contributed by atoms with Crippen molar-refractivity contribution in [2.75, 3.05) is 6.54 Å². The molecule has 0 aliphatic carbocycles. The summed E-state index contributed by atoms with van der Waals surface area (Å²) in [5.41, 5.74) is 0. The summed E-state index contributed by atoms with van der Waals surface area (Å²) >= 11 is 0. The van der Waals surface area contributed by atoms with Crippen LogP contribution in [0.25, 0.3) is 0 Å². The summed E-state index contributed by atoms with van der Waals surface area (Å²) in [7, 11) is 0. The molecule has 1 aromatic heterocycles. The first kappa shape index (κ1) is 11.3. The second-order valence-electron chi connectivity index (χ2n) is 3.40. The van der Waals surface area contributed by atoms with Crippen LogP contribution in [0, 0.1) is 0 Å². The SMILES string of the molecule is CC(C)N(CC(=O)O)C(=O)c1ccco1. The molecule has 0 radical (unpaired) electrons. The van der Waals surface area contributed by atoms with Crippen LogP contribution in [0.4, 0.5) is 0 Å². The van der Waals surface area contributed by atoms with Crippen LogP contribution in [0.2, 0.25) is 0 Å². The van der Waals surface area contributed by atoms with E-state index >= 15 is 0 Å². The molecule has 1 aromatic rings. The van der Waals surface area contributed by atoms with Crippen LogP contribution in [-0.2, 0) is 4.79 Å². The van der Waals surface area contributed by atoms with Gasteiger partial charge in [-0.15, -0.1) is 0 Å². The van der Waals surface area contributed by atoms with E-state index in [0.29, 0.717) is 0 Å². The maximum atomic E-state index is 11.8. The Labute approximate surface area is 87.3 Å². The minimum Gasteiger partial charge on any atom is -0.480 e. The van der Waals surface area contributed by atoms with Gasteiger partial charge in [0.05, 0.1) is 6.26 Å². The van der Waals surface area contributed by atoms with Gasteiger partial charge in [-0.05, 0) is 26.0 Å². The maximum Gasteiger partial charge on any atom is 0.323 e. The molecule has 1 amide bonds. The molecule has 5 nitrogen and oxygen atoms in total. The number of carbonyl (C=O) groups excluding carboxylic acids is 1. The molecule has 5 heteroatoms. The Morgan fingerprint density at radius 1 is 1.53 bits per heavy atom. The van der Waals surface area contributed by atoms with E-state index in [1.807, 2.05) is 0 Å². The van der Waals surface area contributed by atoms with Crippen molar-refractivity contribution in [1.82, 2.24) is 4.90 Å². The Hall–Kier alpha value is -1.78. The van der Waals surface area contributed by atoms with Crippen LogP contribution in [0.15, 0.2) is 22.8 Å². The van der Waals surface area contributed by atoms with Gasteiger partial charge in [0.1, 0.15) is 6.54 Å². The van der Waals surface area contributed by atoms with Gasteiger partial charge in [0.25, 0.3) is 5.91 Å². The highest BCUT2D eigenvalue weighted by Gasteiger charge is 2.22. The van der Waals surface area contributed by atoms with Gasteiger partial charge in [0.15, 0.2) is 5.76 Å². The summed E-state index contributed by atoms with van der Waals surface area (Å²) in [6.07, 6.45) is 1.38. The third kappa shape index (κ3) is 2.83. The zero-order valence-corrected chi connectivity index (χ0v) is 8.64. The average molecular weight is 211 g/mol. The number of hydrogen-bond acceptors (Lipinski definition) is 3. The monoisotopic (exact) mass is 211 g/mol. The predicted molar refractivity (Wildman–Crippen MR) is 52.5 cm³/mol. The van der Waals surface area contributed by atoms with E-state index in [1.54, 1.807) is 19.9 Å². The topological polar surface area (TPSA) is 70.8 Å². The molecule has 0 unspecified atom stereocenters. The molecule has 0 fully saturated rings. The number of carboxylic acids is 1. The molecular formula is C10H13NO4. The van der Waals surface area contributed by atoms with E-state index < -0.39 is 11.9 Å². The molecule has 0 bridgehead atoms. The summed E-state index contributed by atoms with van der Waals surface area (Å²) in [6.45, 7) is 3.19. The highest BCUT2D eigenvalue weighted by atomic mass is 16.4. The molecule has 0 saturated carbocycles. The van der Waals surface area contributed by atoms with E-state index in [2.05, 4.69) is 0 Å². The van der Waals surface area contributed by atoms with Crippen molar-refractivity contribution in [2.45, 2.75) is 19.9 Å². The second-order valence-corrected chi connectivity index (χ2v) is 3.40. The van der Waals surface area contributed by atoms with Gasteiger partial charge in [-0.25, -0.2) is 0 Å². The minimum atomic E-state index is -1.04. The summed E-state index contributed by atoms with van der Waals surface area (Å²) in [5.74, 6) is -1.29. The fourth-order valence-electron chi connectivity index (χ4n) is 1.18. The summed E-state index contributed by atoms with van der Waals surface area (Å²) in [5, 5.41) is 8.65. The fourth-order valence-corrected chi connectivity index (χ4v) is 1.18. The number of nitrogens with zero attached hydrogens (tertiary/aromatic N) is 1. The Kier molecular flexibility index (Phi) is 3.49. The first-order valence-corrected chi connectivity index (χ1v) is 4.58. The first-order valence-electron chi connectivity index (χ1n) is 4.58. The number of rotatable bonds is 4. The number of furan rings is 1. The minimum absolute atomic E-state index is 0.157. The highest BCUT2D eigenvalue weighted by molar-refractivity contribution is 5.93. The van der Waals surface area contributed by atoms with E-state index in [-0.39, 0.29) is 18.3 Å². The second kappa shape index (κ2) is 4.63. The van der Waals surface area contributed by atoms with Crippen LogP contribution in [-0.4, -0.2) is 34.5 Å². The average Bonchev–Trinajstić information content (AvgIpc) is 2.65. The standard InChI is InChI=1S/C10H13NO4/c1-7(2)11(6-9(12)13)10(14)8-4-3-5-15-8/h3-5,7H,6H2,1-2H3,(H,12,13). The summed E-state index contributed by atoms with van der Waals surface area (Å²) in [4.78, 5) is 23.6. The molecule has 0 aromatic carbocycles. The molecule has 0 aliphatic rings. The Bertz CT molecular complexity index is 342. The number of carbonyl (C=O) groups is 2. The lowest BCUT2D eigenvalue weighted by atomic mass is 10.3. The lowest BCUT2D eigenvalue weighted by Gasteiger charge is -2.23. The Morgan fingerprint density at radius 2 is 2.20 bits per heavy atom. The predicted octanol–water partition coefficient (Wildman–Crippen LogP) is 1.21. The van der Waals surface area contributed by atoms with Gasteiger partial charge in [-0.1, -0.05) is 0 Å². The third-order valence-corrected chi connectivity index (χ3v) is 1.92. The molecule has 0 saturated heterocycles.